The first-order chi connectivity index (χ1) is 8.50. The Balaban J connectivity index is 1.96. The zero-order chi connectivity index (χ0) is 13.2. The SMILES string of the molecule is CC(C)(C)C1CCN(c2cnc(CCl)cn2)CC1. The van der Waals surface area contributed by atoms with Gasteiger partial charge in [0.05, 0.1) is 24.0 Å². The first-order valence-electron chi connectivity index (χ1n) is 6.62. The van der Waals surface area contributed by atoms with E-state index in [1.54, 1.807) is 6.20 Å². The van der Waals surface area contributed by atoms with Crippen molar-refractivity contribution < 1.29 is 0 Å². The van der Waals surface area contributed by atoms with Crippen LogP contribution in [-0.2, 0) is 5.88 Å². The maximum Gasteiger partial charge on any atom is 0.147 e. The van der Waals surface area contributed by atoms with Gasteiger partial charge in [-0.1, -0.05) is 20.8 Å². The third kappa shape index (κ3) is 3.14. The van der Waals surface area contributed by atoms with E-state index in [9.17, 15) is 0 Å². The zero-order valence-corrected chi connectivity index (χ0v) is 12.2. The van der Waals surface area contributed by atoms with Gasteiger partial charge in [-0.05, 0) is 24.2 Å². The molecule has 1 aromatic heterocycles. The summed E-state index contributed by atoms with van der Waals surface area (Å²) in [6, 6.07) is 0. The molecule has 0 unspecified atom stereocenters. The van der Waals surface area contributed by atoms with E-state index in [4.69, 9.17) is 11.6 Å². The molecule has 0 radical (unpaired) electrons. The van der Waals surface area contributed by atoms with Crippen molar-refractivity contribution in [3.05, 3.63) is 18.1 Å². The van der Waals surface area contributed by atoms with E-state index in [0.717, 1.165) is 30.5 Å². The Kier molecular flexibility index (Phi) is 4.10. The summed E-state index contributed by atoms with van der Waals surface area (Å²) >= 11 is 5.72. The van der Waals surface area contributed by atoms with E-state index in [1.165, 1.54) is 12.8 Å². The average Bonchev–Trinajstić information content (AvgIpc) is 2.38. The largest absolute Gasteiger partial charge is 0.355 e. The number of anilines is 1. The van der Waals surface area contributed by atoms with Crippen LogP contribution in [0.3, 0.4) is 0 Å². The quantitative estimate of drug-likeness (QED) is 0.769. The summed E-state index contributed by atoms with van der Waals surface area (Å²) in [7, 11) is 0. The Hall–Kier alpha value is -0.830. The van der Waals surface area contributed by atoms with Crippen LogP contribution in [0.4, 0.5) is 5.82 Å². The summed E-state index contributed by atoms with van der Waals surface area (Å²) in [6.07, 6.45) is 6.10. The molecule has 4 heteroatoms. The van der Waals surface area contributed by atoms with Crippen molar-refractivity contribution in [3.63, 3.8) is 0 Å². The second-order valence-corrected chi connectivity index (χ2v) is 6.39. The number of nitrogens with zero attached hydrogens (tertiary/aromatic N) is 3. The molecule has 1 aliphatic heterocycles. The predicted octanol–water partition coefficient (Wildman–Crippen LogP) is 3.48. The van der Waals surface area contributed by atoms with Crippen LogP contribution in [0.2, 0.25) is 0 Å². The molecule has 1 saturated heterocycles. The fourth-order valence-corrected chi connectivity index (χ4v) is 2.69. The van der Waals surface area contributed by atoms with Gasteiger partial charge in [-0.25, -0.2) is 4.98 Å². The molecule has 2 heterocycles. The average molecular weight is 268 g/mol. The predicted molar refractivity (Wildman–Crippen MR) is 76.0 cm³/mol. The molecule has 0 saturated carbocycles. The molecule has 0 spiro atoms. The van der Waals surface area contributed by atoms with E-state index < -0.39 is 0 Å². The molecule has 0 aromatic carbocycles. The molecule has 0 atom stereocenters. The van der Waals surface area contributed by atoms with Crippen molar-refractivity contribution >= 4 is 17.4 Å². The van der Waals surface area contributed by atoms with E-state index in [0.29, 0.717) is 11.3 Å². The van der Waals surface area contributed by atoms with E-state index in [2.05, 4.69) is 35.6 Å². The Bertz CT molecular complexity index is 375. The minimum absolute atomic E-state index is 0.417. The second kappa shape index (κ2) is 5.43. The summed E-state index contributed by atoms with van der Waals surface area (Å²) in [5.74, 6) is 2.22. The third-order valence-corrected chi connectivity index (χ3v) is 4.15. The van der Waals surface area contributed by atoms with Crippen LogP contribution in [0.25, 0.3) is 0 Å². The Labute approximate surface area is 115 Å². The van der Waals surface area contributed by atoms with Gasteiger partial charge in [0, 0.05) is 13.1 Å². The van der Waals surface area contributed by atoms with Crippen LogP contribution in [0.15, 0.2) is 12.4 Å². The zero-order valence-electron chi connectivity index (χ0n) is 11.5. The van der Waals surface area contributed by atoms with Crippen molar-refractivity contribution in [2.75, 3.05) is 18.0 Å². The Morgan fingerprint density at radius 1 is 1.22 bits per heavy atom. The number of aromatic nitrogens is 2. The highest BCUT2D eigenvalue weighted by molar-refractivity contribution is 6.16. The third-order valence-electron chi connectivity index (χ3n) is 3.87. The number of piperidine rings is 1. The van der Waals surface area contributed by atoms with Crippen LogP contribution < -0.4 is 4.90 Å². The van der Waals surface area contributed by atoms with Gasteiger partial charge in [0.15, 0.2) is 0 Å². The molecule has 0 N–H and O–H groups in total. The first-order valence-corrected chi connectivity index (χ1v) is 7.16. The number of rotatable bonds is 2. The topological polar surface area (TPSA) is 29.0 Å². The molecule has 1 aromatic rings. The summed E-state index contributed by atoms with van der Waals surface area (Å²) in [5.41, 5.74) is 1.25. The lowest BCUT2D eigenvalue weighted by atomic mass is 9.75. The van der Waals surface area contributed by atoms with Gasteiger partial charge in [0.25, 0.3) is 0 Å². The van der Waals surface area contributed by atoms with Crippen LogP contribution >= 0.6 is 11.6 Å². The molecule has 3 nitrogen and oxygen atoms in total. The lowest BCUT2D eigenvalue weighted by Gasteiger charge is -2.39. The van der Waals surface area contributed by atoms with Gasteiger partial charge in [0.1, 0.15) is 5.82 Å². The van der Waals surface area contributed by atoms with Gasteiger partial charge in [-0.15, -0.1) is 11.6 Å². The number of halogens is 1. The van der Waals surface area contributed by atoms with Crippen molar-refractivity contribution in [2.45, 2.75) is 39.5 Å². The number of alkyl halides is 1. The fraction of sp³-hybridized carbons (Fsp3) is 0.714. The van der Waals surface area contributed by atoms with Crippen molar-refractivity contribution in [2.24, 2.45) is 11.3 Å². The fourth-order valence-electron chi connectivity index (χ4n) is 2.55. The molecule has 1 aliphatic rings. The van der Waals surface area contributed by atoms with Crippen LogP contribution in [0.5, 0.6) is 0 Å². The van der Waals surface area contributed by atoms with Gasteiger partial charge < -0.3 is 4.90 Å². The van der Waals surface area contributed by atoms with Gasteiger partial charge in [0.2, 0.25) is 0 Å². The smallest absolute Gasteiger partial charge is 0.147 e. The lowest BCUT2D eigenvalue weighted by molar-refractivity contribution is 0.198. The first kappa shape index (κ1) is 13.6. The molecular formula is C14H22ClN3. The highest BCUT2D eigenvalue weighted by Gasteiger charge is 2.29. The lowest BCUT2D eigenvalue weighted by Crippen LogP contribution is -2.38. The molecule has 2 rings (SSSR count). The van der Waals surface area contributed by atoms with Crippen LogP contribution in [-0.4, -0.2) is 23.1 Å². The minimum atomic E-state index is 0.417. The maximum atomic E-state index is 5.72. The molecule has 100 valence electrons. The van der Waals surface area contributed by atoms with E-state index >= 15 is 0 Å². The maximum absolute atomic E-state index is 5.72. The summed E-state index contributed by atoms with van der Waals surface area (Å²) < 4.78 is 0. The minimum Gasteiger partial charge on any atom is -0.355 e. The Morgan fingerprint density at radius 2 is 1.89 bits per heavy atom. The Morgan fingerprint density at radius 3 is 2.33 bits per heavy atom. The molecular weight excluding hydrogens is 246 g/mol. The van der Waals surface area contributed by atoms with Crippen molar-refractivity contribution in [1.82, 2.24) is 9.97 Å². The van der Waals surface area contributed by atoms with E-state index in [-0.39, 0.29) is 0 Å². The molecule has 18 heavy (non-hydrogen) atoms. The summed E-state index contributed by atoms with van der Waals surface area (Å²) in [4.78, 5) is 11.1. The second-order valence-electron chi connectivity index (χ2n) is 6.13. The van der Waals surface area contributed by atoms with E-state index in [1.807, 2.05) is 6.20 Å². The van der Waals surface area contributed by atoms with Crippen LogP contribution in [0, 0.1) is 11.3 Å². The monoisotopic (exact) mass is 267 g/mol. The van der Waals surface area contributed by atoms with Crippen molar-refractivity contribution in [1.29, 1.82) is 0 Å². The number of hydrogen-bond acceptors (Lipinski definition) is 3. The van der Waals surface area contributed by atoms with Gasteiger partial charge in [-0.3, -0.25) is 4.98 Å². The highest BCUT2D eigenvalue weighted by atomic mass is 35.5. The normalized spacial score (nSPS) is 18.1. The molecule has 0 aliphatic carbocycles. The van der Waals surface area contributed by atoms with Crippen LogP contribution in [0.1, 0.15) is 39.3 Å². The standard InChI is InChI=1S/C14H22ClN3/c1-14(2,3)11-4-6-18(7-5-11)13-10-16-12(8-15)9-17-13/h9-11H,4-8H2,1-3H3. The summed E-state index contributed by atoms with van der Waals surface area (Å²) in [6.45, 7) is 9.17. The van der Waals surface area contributed by atoms with Gasteiger partial charge in [-0.2, -0.15) is 0 Å². The highest BCUT2D eigenvalue weighted by Crippen LogP contribution is 2.35. The summed E-state index contributed by atoms with van der Waals surface area (Å²) in [5, 5.41) is 0. The molecule has 0 bridgehead atoms. The number of hydrogen-bond donors (Lipinski definition) is 0. The molecule has 0 amide bonds. The van der Waals surface area contributed by atoms with Gasteiger partial charge >= 0.3 is 0 Å². The molecule has 1 fully saturated rings. The van der Waals surface area contributed by atoms with Crippen molar-refractivity contribution in [3.8, 4) is 0 Å².